The third-order valence-corrected chi connectivity index (χ3v) is 2.77. The van der Waals surface area contributed by atoms with E-state index in [1.807, 2.05) is 18.2 Å². The summed E-state index contributed by atoms with van der Waals surface area (Å²) in [6.45, 7) is 0.589. The highest BCUT2D eigenvalue weighted by atomic mass is 16.5. The lowest BCUT2D eigenvalue weighted by Crippen LogP contribution is -1.99. The van der Waals surface area contributed by atoms with Gasteiger partial charge in [-0.3, -0.25) is 4.79 Å². The zero-order chi connectivity index (χ0) is 14.6. The van der Waals surface area contributed by atoms with Crippen molar-refractivity contribution < 1.29 is 19.1 Å². The molecule has 0 amide bonds. The van der Waals surface area contributed by atoms with E-state index in [4.69, 9.17) is 4.74 Å². The van der Waals surface area contributed by atoms with E-state index in [1.165, 1.54) is 13.2 Å². The molecule has 1 aromatic rings. The molecule has 0 saturated carbocycles. The van der Waals surface area contributed by atoms with E-state index in [2.05, 4.69) is 4.74 Å². The van der Waals surface area contributed by atoms with Gasteiger partial charge in [0.1, 0.15) is 5.75 Å². The van der Waals surface area contributed by atoms with E-state index in [0.717, 1.165) is 32.0 Å². The van der Waals surface area contributed by atoms with E-state index < -0.39 is 0 Å². The van der Waals surface area contributed by atoms with Crippen LogP contribution in [0.4, 0.5) is 0 Å². The minimum atomic E-state index is -0.321. The zero-order valence-corrected chi connectivity index (χ0v) is 11.7. The Morgan fingerprint density at radius 2 is 2.00 bits per heavy atom. The van der Waals surface area contributed by atoms with Crippen molar-refractivity contribution in [2.45, 2.75) is 25.7 Å². The molecule has 0 unspecified atom stereocenters. The molecule has 4 nitrogen and oxygen atoms in total. The van der Waals surface area contributed by atoms with Gasteiger partial charge in [-0.2, -0.15) is 0 Å². The molecule has 0 atom stereocenters. The number of carbonyl (C=O) groups excluding carboxylic acids is 2. The second-order valence-corrected chi connectivity index (χ2v) is 4.28. The molecular formula is C16H20O4. The van der Waals surface area contributed by atoms with Gasteiger partial charge in [0.25, 0.3) is 0 Å². The number of hydrogen-bond acceptors (Lipinski definition) is 4. The number of allylic oxidation sites excluding steroid dienone is 1. The number of ether oxygens (including phenoxy) is 2. The predicted octanol–water partition coefficient (Wildman–Crippen LogP) is 3.17. The van der Waals surface area contributed by atoms with Gasteiger partial charge in [-0.25, -0.2) is 4.79 Å². The predicted molar refractivity (Wildman–Crippen MR) is 76.9 cm³/mol. The van der Waals surface area contributed by atoms with Gasteiger partial charge in [-0.1, -0.05) is 18.2 Å². The summed E-state index contributed by atoms with van der Waals surface area (Å²) >= 11 is 0. The number of aldehydes is 1. The van der Waals surface area contributed by atoms with E-state index in [1.54, 1.807) is 12.1 Å². The highest BCUT2D eigenvalue weighted by Crippen LogP contribution is 2.16. The Bertz CT molecular complexity index is 452. The second kappa shape index (κ2) is 9.78. The summed E-state index contributed by atoms with van der Waals surface area (Å²) in [6.07, 6.45) is 7.82. The maximum absolute atomic E-state index is 10.8. The van der Waals surface area contributed by atoms with Crippen LogP contribution >= 0.6 is 0 Å². The summed E-state index contributed by atoms with van der Waals surface area (Å²) in [5.74, 6) is 0.312. The summed E-state index contributed by atoms with van der Waals surface area (Å²) < 4.78 is 10.1. The van der Waals surface area contributed by atoms with Crippen LogP contribution in [0.15, 0.2) is 36.4 Å². The molecular weight excluding hydrogens is 256 g/mol. The summed E-state index contributed by atoms with van der Waals surface area (Å²) in [5, 5.41) is 0. The van der Waals surface area contributed by atoms with Crippen molar-refractivity contribution in [1.82, 2.24) is 0 Å². The molecule has 0 heterocycles. The first-order chi connectivity index (χ1) is 9.77. The lowest BCUT2D eigenvalue weighted by Gasteiger charge is -2.07. The van der Waals surface area contributed by atoms with Gasteiger partial charge in [0, 0.05) is 6.08 Å². The Morgan fingerprint density at radius 3 is 2.75 bits per heavy atom. The molecule has 0 aromatic heterocycles. The van der Waals surface area contributed by atoms with Crippen LogP contribution in [-0.2, 0) is 9.53 Å². The third-order valence-electron chi connectivity index (χ3n) is 2.77. The Labute approximate surface area is 119 Å². The second-order valence-electron chi connectivity index (χ2n) is 4.28. The lowest BCUT2D eigenvalue weighted by atomic mass is 10.2. The van der Waals surface area contributed by atoms with Crippen molar-refractivity contribution in [2.24, 2.45) is 0 Å². The van der Waals surface area contributed by atoms with Crippen LogP contribution in [0.25, 0.3) is 0 Å². The van der Waals surface area contributed by atoms with Crippen molar-refractivity contribution in [3.05, 3.63) is 42.0 Å². The number of hydrogen-bond donors (Lipinski definition) is 0. The standard InChI is InChI=1S/C16H20O4/c1-19-16(18)11-5-3-2-4-8-12-20-15-10-7-6-9-14(15)13-17/h5-7,9-11,13H,2-4,8,12H2,1H3. The van der Waals surface area contributed by atoms with Crippen molar-refractivity contribution in [1.29, 1.82) is 0 Å². The van der Waals surface area contributed by atoms with E-state index in [9.17, 15) is 9.59 Å². The van der Waals surface area contributed by atoms with Gasteiger partial charge in [-0.05, 0) is 37.8 Å². The third kappa shape index (κ3) is 6.18. The zero-order valence-electron chi connectivity index (χ0n) is 11.7. The van der Waals surface area contributed by atoms with Gasteiger partial charge < -0.3 is 9.47 Å². The van der Waals surface area contributed by atoms with Gasteiger partial charge in [-0.15, -0.1) is 0 Å². The van der Waals surface area contributed by atoms with Crippen LogP contribution in [0.5, 0.6) is 5.75 Å². The van der Waals surface area contributed by atoms with Crippen molar-refractivity contribution in [2.75, 3.05) is 13.7 Å². The SMILES string of the molecule is COC(=O)C=CCCCCCOc1ccccc1C=O. The molecule has 0 radical (unpaired) electrons. The van der Waals surface area contributed by atoms with E-state index >= 15 is 0 Å². The smallest absolute Gasteiger partial charge is 0.330 e. The molecule has 0 saturated heterocycles. The molecule has 0 aliphatic heterocycles. The van der Waals surface area contributed by atoms with Crippen molar-refractivity contribution in [3.63, 3.8) is 0 Å². The lowest BCUT2D eigenvalue weighted by molar-refractivity contribution is -0.134. The van der Waals surface area contributed by atoms with Crippen LogP contribution in [-0.4, -0.2) is 26.0 Å². The van der Waals surface area contributed by atoms with Crippen LogP contribution in [0.1, 0.15) is 36.0 Å². The van der Waals surface area contributed by atoms with Gasteiger partial charge in [0.15, 0.2) is 6.29 Å². The van der Waals surface area contributed by atoms with Gasteiger partial charge in [0.05, 0.1) is 19.3 Å². The average Bonchev–Trinajstić information content (AvgIpc) is 2.49. The first-order valence-corrected chi connectivity index (χ1v) is 6.69. The highest BCUT2D eigenvalue weighted by Gasteiger charge is 2.00. The molecule has 0 bridgehead atoms. The highest BCUT2D eigenvalue weighted by molar-refractivity contribution is 5.81. The molecule has 0 fully saturated rings. The van der Waals surface area contributed by atoms with Crippen LogP contribution in [0, 0.1) is 0 Å². The number of rotatable bonds is 9. The maximum atomic E-state index is 10.8. The van der Waals surface area contributed by atoms with Gasteiger partial charge >= 0.3 is 5.97 Å². The number of benzene rings is 1. The maximum Gasteiger partial charge on any atom is 0.330 e. The van der Waals surface area contributed by atoms with Gasteiger partial charge in [0.2, 0.25) is 0 Å². The fourth-order valence-corrected chi connectivity index (χ4v) is 1.68. The molecule has 0 aliphatic rings. The Kier molecular flexibility index (Phi) is 7.80. The number of carbonyl (C=O) groups is 2. The number of para-hydroxylation sites is 1. The fourth-order valence-electron chi connectivity index (χ4n) is 1.68. The van der Waals surface area contributed by atoms with Crippen LogP contribution < -0.4 is 4.74 Å². The van der Waals surface area contributed by atoms with Crippen molar-refractivity contribution >= 4 is 12.3 Å². The minimum Gasteiger partial charge on any atom is -0.493 e. The normalized spacial score (nSPS) is 10.4. The van der Waals surface area contributed by atoms with Crippen molar-refractivity contribution in [3.8, 4) is 5.75 Å². The number of esters is 1. The average molecular weight is 276 g/mol. The Morgan fingerprint density at radius 1 is 1.20 bits per heavy atom. The molecule has 0 spiro atoms. The number of methoxy groups -OCH3 is 1. The molecule has 0 N–H and O–H groups in total. The summed E-state index contributed by atoms with van der Waals surface area (Å²) in [7, 11) is 1.36. The Hall–Kier alpha value is -2.10. The quantitative estimate of drug-likeness (QED) is 0.301. The molecule has 1 rings (SSSR count). The van der Waals surface area contributed by atoms with E-state index in [0.29, 0.717) is 17.9 Å². The minimum absolute atomic E-state index is 0.321. The summed E-state index contributed by atoms with van der Waals surface area (Å²) in [4.78, 5) is 21.6. The number of unbranched alkanes of at least 4 members (excludes halogenated alkanes) is 3. The van der Waals surface area contributed by atoms with Crippen LogP contribution in [0.3, 0.4) is 0 Å². The summed E-state index contributed by atoms with van der Waals surface area (Å²) in [6, 6.07) is 7.19. The topological polar surface area (TPSA) is 52.6 Å². The first-order valence-electron chi connectivity index (χ1n) is 6.69. The molecule has 108 valence electrons. The molecule has 1 aromatic carbocycles. The first kappa shape index (κ1) is 16.0. The molecule has 20 heavy (non-hydrogen) atoms. The monoisotopic (exact) mass is 276 g/mol. The molecule has 0 aliphatic carbocycles. The van der Waals surface area contributed by atoms with Crippen LogP contribution in [0.2, 0.25) is 0 Å². The molecule has 4 heteroatoms. The fraction of sp³-hybridized carbons (Fsp3) is 0.375. The van der Waals surface area contributed by atoms with E-state index in [-0.39, 0.29) is 5.97 Å². The largest absolute Gasteiger partial charge is 0.493 e. The Balaban J connectivity index is 2.12. The summed E-state index contributed by atoms with van der Waals surface area (Å²) in [5.41, 5.74) is 0.577.